The van der Waals surface area contributed by atoms with Crippen LogP contribution in [0, 0.1) is 0 Å². The van der Waals surface area contributed by atoms with E-state index in [0.29, 0.717) is 5.69 Å². The van der Waals surface area contributed by atoms with Crippen molar-refractivity contribution in [3.8, 4) is 0 Å². The molecular formula is C12H17BrN2O2. The Morgan fingerprint density at radius 2 is 2.00 bits per heavy atom. The first-order valence-corrected chi connectivity index (χ1v) is 6.33. The van der Waals surface area contributed by atoms with Crippen LogP contribution in [0.15, 0.2) is 28.7 Å². The van der Waals surface area contributed by atoms with Crippen LogP contribution in [0.25, 0.3) is 0 Å². The Labute approximate surface area is 110 Å². The lowest BCUT2D eigenvalue weighted by Gasteiger charge is -2.04. The Bertz CT molecular complexity index is 347. The molecule has 0 bridgehead atoms. The number of carbonyl (C=O) groups excluding carboxylic acids is 1. The minimum Gasteiger partial charge on any atom is -0.453 e. The molecule has 0 aliphatic carbocycles. The summed E-state index contributed by atoms with van der Waals surface area (Å²) in [6.07, 6.45) is 2.31. The van der Waals surface area contributed by atoms with Crippen molar-refractivity contribution in [3.63, 3.8) is 0 Å². The molecule has 1 fully saturated rings. The van der Waals surface area contributed by atoms with E-state index in [0.717, 1.165) is 4.47 Å². The number of methoxy groups -OCH3 is 1. The van der Waals surface area contributed by atoms with Gasteiger partial charge in [-0.25, -0.2) is 4.79 Å². The average Bonchev–Trinajstić information content (AvgIpc) is 2.91. The summed E-state index contributed by atoms with van der Waals surface area (Å²) in [5.41, 5.74) is 0.698. The molecule has 0 aromatic heterocycles. The molecule has 1 aliphatic heterocycles. The van der Waals surface area contributed by atoms with Gasteiger partial charge in [-0.15, -0.1) is 0 Å². The van der Waals surface area contributed by atoms with Crippen LogP contribution in [0.4, 0.5) is 10.5 Å². The molecule has 0 spiro atoms. The fraction of sp³-hybridized carbons (Fsp3) is 0.417. The van der Waals surface area contributed by atoms with E-state index < -0.39 is 6.09 Å². The maximum absolute atomic E-state index is 10.8. The van der Waals surface area contributed by atoms with Crippen LogP contribution < -0.4 is 10.6 Å². The molecule has 1 aliphatic rings. The maximum Gasteiger partial charge on any atom is 0.411 e. The van der Waals surface area contributed by atoms with E-state index >= 15 is 0 Å². The Hall–Kier alpha value is -1.07. The van der Waals surface area contributed by atoms with E-state index in [2.05, 4.69) is 31.3 Å². The standard InChI is InChI=1S/C8H8BrNO2.C4H9N/c1-12-8(11)10-7-5-3-2-4-6(7)9;1-2-4-5-3-1/h2-5H,1H3,(H,10,11);5H,1-4H2. The first-order valence-electron chi connectivity index (χ1n) is 5.54. The molecule has 94 valence electrons. The minimum absolute atomic E-state index is 0.470. The van der Waals surface area contributed by atoms with Gasteiger partial charge in [0.05, 0.1) is 12.8 Å². The largest absolute Gasteiger partial charge is 0.453 e. The van der Waals surface area contributed by atoms with Crippen LogP contribution in [0.5, 0.6) is 0 Å². The lowest BCUT2D eigenvalue weighted by Crippen LogP contribution is -2.11. The van der Waals surface area contributed by atoms with Crippen LogP contribution in [0.3, 0.4) is 0 Å². The van der Waals surface area contributed by atoms with Gasteiger partial charge >= 0.3 is 6.09 Å². The molecule has 1 aromatic rings. The summed E-state index contributed by atoms with van der Waals surface area (Å²) in [5, 5.41) is 5.77. The van der Waals surface area contributed by atoms with E-state index in [4.69, 9.17) is 0 Å². The fourth-order valence-corrected chi connectivity index (χ4v) is 1.73. The van der Waals surface area contributed by atoms with Gasteiger partial charge in [0.15, 0.2) is 0 Å². The molecule has 0 saturated carbocycles. The summed E-state index contributed by atoms with van der Waals surface area (Å²) in [4.78, 5) is 10.8. The molecule has 17 heavy (non-hydrogen) atoms. The SMILES string of the molecule is C1CCNC1.COC(=O)Nc1ccccc1Br. The molecule has 0 unspecified atom stereocenters. The normalized spacial score (nSPS) is 13.5. The van der Waals surface area contributed by atoms with Gasteiger partial charge in [-0.1, -0.05) is 12.1 Å². The number of amides is 1. The number of carbonyl (C=O) groups is 1. The number of hydrogen-bond donors (Lipinski definition) is 2. The number of benzene rings is 1. The lowest BCUT2D eigenvalue weighted by molar-refractivity contribution is 0.187. The topological polar surface area (TPSA) is 50.4 Å². The van der Waals surface area contributed by atoms with Gasteiger partial charge in [-0.05, 0) is 54.0 Å². The van der Waals surface area contributed by atoms with Gasteiger partial charge in [0, 0.05) is 4.47 Å². The third-order valence-electron chi connectivity index (χ3n) is 2.25. The minimum atomic E-state index is -0.470. The first-order chi connectivity index (χ1) is 8.24. The molecule has 1 amide bonds. The Morgan fingerprint density at radius 1 is 1.35 bits per heavy atom. The summed E-state index contributed by atoms with van der Waals surface area (Å²) in [6, 6.07) is 7.31. The van der Waals surface area contributed by atoms with E-state index in [1.165, 1.54) is 33.0 Å². The number of hydrogen-bond acceptors (Lipinski definition) is 3. The second kappa shape index (κ2) is 8.08. The van der Waals surface area contributed by atoms with Crippen molar-refractivity contribution < 1.29 is 9.53 Å². The Morgan fingerprint density at radius 3 is 2.47 bits per heavy atom. The van der Waals surface area contributed by atoms with Crippen LogP contribution >= 0.6 is 15.9 Å². The zero-order valence-electron chi connectivity index (χ0n) is 9.83. The quantitative estimate of drug-likeness (QED) is 0.838. The number of ether oxygens (including phenoxy) is 1. The van der Waals surface area contributed by atoms with Crippen molar-refractivity contribution >= 4 is 27.7 Å². The van der Waals surface area contributed by atoms with Gasteiger partial charge in [-0.3, -0.25) is 5.32 Å². The van der Waals surface area contributed by atoms with E-state index in [9.17, 15) is 4.79 Å². The monoisotopic (exact) mass is 300 g/mol. The Kier molecular flexibility index (Phi) is 6.65. The van der Waals surface area contributed by atoms with Gasteiger partial charge in [-0.2, -0.15) is 0 Å². The van der Waals surface area contributed by atoms with Crippen molar-refractivity contribution in [3.05, 3.63) is 28.7 Å². The fourth-order valence-electron chi connectivity index (χ4n) is 1.35. The summed E-state index contributed by atoms with van der Waals surface area (Å²) in [7, 11) is 1.33. The van der Waals surface area contributed by atoms with E-state index in [1.54, 1.807) is 6.07 Å². The first kappa shape index (κ1) is 14.0. The summed E-state index contributed by atoms with van der Waals surface area (Å²) >= 11 is 3.28. The van der Waals surface area contributed by atoms with Crippen LogP contribution in [0.2, 0.25) is 0 Å². The molecule has 5 heteroatoms. The van der Waals surface area contributed by atoms with Crippen molar-refractivity contribution in [1.29, 1.82) is 0 Å². The highest BCUT2D eigenvalue weighted by Gasteiger charge is 2.02. The van der Waals surface area contributed by atoms with Gasteiger partial charge in [0.1, 0.15) is 0 Å². The third kappa shape index (κ3) is 5.70. The average molecular weight is 301 g/mol. The molecule has 0 radical (unpaired) electrons. The molecule has 1 saturated heterocycles. The van der Waals surface area contributed by atoms with Crippen molar-refractivity contribution in [2.24, 2.45) is 0 Å². The van der Waals surface area contributed by atoms with Crippen molar-refractivity contribution in [1.82, 2.24) is 5.32 Å². The molecule has 4 nitrogen and oxygen atoms in total. The van der Waals surface area contributed by atoms with Crippen molar-refractivity contribution in [2.75, 3.05) is 25.5 Å². The second-order valence-electron chi connectivity index (χ2n) is 3.55. The highest BCUT2D eigenvalue weighted by Crippen LogP contribution is 2.20. The third-order valence-corrected chi connectivity index (χ3v) is 2.94. The summed E-state index contributed by atoms with van der Waals surface area (Å²) in [6.45, 7) is 2.50. The molecular weight excluding hydrogens is 284 g/mol. The van der Waals surface area contributed by atoms with E-state index in [1.807, 2.05) is 18.2 Å². The zero-order valence-corrected chi connectivity index (χ0v) is 11.4. The molecule has 2 N–H and O–H groups in total. The second-order valence-corrected chi connectivity index (χ2v) is 4.41. The number of rotatable bonds is 1. The number of halogens is 1. The van der Waals surface area contributed by atoms with E-state index in [-0.39, 0.29) is 0 Å². The molecule has 2 rings (SSSR count). The summed E-state index contributed by atoms with van der Waals surface area (Å²) < 4.78 is 5.27. The highest BCUT2D eigenvalue weighted by molar-refractivity contribution is 9.10. The van der Waals surface area contributed by atoms with Gasteiger partial charge in [0.2, 0.25) is 0 Å². The Balaban J connectivity index is 0.000000239. The van der Waals surface area contributed by atoms with Gasteiger partial charge in [0.25, 0.3) is 0 Å². The van der Waals surface area contributed by atoms with Crippen LogP contribution in [0.1, 0.15) is 12.8 Å². The van der Waals surface area contributed by atoms with Gasteiger partial charge < -0.3 is 10.1 Å². The van der Waals surface area contributed by atoms with Crippen LogP contribution in [-0.2, 0) is 4.74 Å². The smallest absolute Gasteiger partial charge is 0.411 e. The number of para-hydroxylation sites is 1. The van der Waals surface area contributed by atoms with Crippen molar-refractivity contribution in [2.45, 2.75) is 12.8 Å². The molecule has 1 aromatic carbocycles. The predicted molar refractivity (Wildman–Crippen MR) is 72.3 cm³/mol. The summed E-state index contributed by atoms with van der Waals surface area (Å²) in [5.74, 6) is 0. The lowest BCUT2D eigenvalue weighted by atomic mass is 10.3. The number of nitrogens with one attached hydrogen (secondary N) is 2. The highest BCUT2D eigenvalue weighted by atomic mass is 79.9. The number of anilines is 1. The van der Waals surface area contributed by atoms with Crippen LogP contribution in [-0.4, -0.2) is 26.3 Å². The molecule has 0 atom stereocenters. The maximum atomic E-state index is 10.8. The zero-order chi connectivity index (χ0) is 12.5. The molecule has 1 heterocycles. The predicted octanol–water partition coefficient (Wildman–Crippen LogP) is 3.00.